The van der Waals surface area contributed by atoms with Crippen LogP contribution in [-0.4, -0.2) is 26.9 Å². The Hall–Kier alpha value is -3.22. The molecule has 0 saturated heterocycles. The summed E-state index contributed by atoms with van der Waals surface area (Å²) in [6.07, 6.45) is 1.31. The van der Waals surface area contributed by atoms with E-state index in [1.807, 2.05) is 19.1 Å². The Balaban J connectivity index is 1.88. The fourth-order valence-corrected chi connectivity index (χ4v) is 5.13. The number of hydrogen-bond acceptors (Lipinski definition) is 5. The van der Waals surface area contributed by atoms with Crippen LogP contribution in [0.15, 0.2) is 66.9 Å². The van der Waals surface area contributed by atoms with Crippen LogP contribution in [0.2, 0.25) is 5.02 Å². The predicted octanol–water partition coefficient (Wildman–Crippen LogP) is 3.59. The van der Waals surface area contributed by atoms with E-state index in [-0.39, 0.29) is 16.5 Å². The van der Waals surface area contributed by atoms with Crippen LogP contribution in [0.1, 0.15) is 28.3 Å². The molecule has 31 heavy (non-hydrogen) atoms. The molecule has 1 aliphatic heterocycles. The molecule has 1 aliphatic carbocycles. The van der Waals surface area contributed by atoms with Gasteiger partial charge in [-0.05, 0) is 18.1 Å². The van der Waals surface area contributed by atoms with Gasteiger partial charge in [0, 0.05) is 12.3 Å². The van der Waals surface area contributed by atoms with Crippen LogP contribution in [0.4, 0.5) is 0 Å². The van der Waals surface area contributed by atoms with Gasteiger partial charge in [0.15, 0.2) is 11.4 Å². The lowest BCUT2D eigenvalue weighted by Gasteiger charge is -2.39. The molecule has 7 heteroatoms. The van der Waals surface area contributed by atoms with E-state index >= 15 is 0 Å². The first-order valence-corrected chi connectivity index (χ1v) is 10.1. The number of fused-ring (bicyclic) bond motifs is 3. The number of halogens is 1. The summed E-state index contributed by atoms with van der Waals surface area (Å²) in [6, 6.07) is 17.4. The van der Waals surface area contributed by atoms with Crippen LogP contribution < -0.4 is 4.74 Å². The minimum absolute atomic E-state index is 0.0212. The molecular formula is C24H18ClNO5. The van der Waals surface area contributed by atoms with Gasteiger partial charge in [-0.2, -0.15) is 0 Å². The predicted molar refractivity (Wildman–Crippen MR) is 112 cm³/mol. The fraction of sp³-hybridized carbons (Fsp3) is 0.208. The summed E-state index contributed by atoms with van der Waals surface area (Å²) >= 11 is 6.10. The quantitative estimate of drug-likeness (QED) is 0.610. The molecule has 2 aliphatic rings. The summed E-state index contributed by atoms with van der Waals surface area (Å²) in [4.78, 5) is 30.2. The maximum absolute atomic E-state index is 13.6. The molecule has 1 fully saturated rings. The van der Waals surface area contributed by atoms with Crippen molar-refractivity contribution in [3.63, 3.8) is 0 Å². The van der Waals surface area contributed by atoms with Gasteiger partial charge in [0.1, 0.15) is 17.4 Å². The average molecular weight is 436 g/mol. The highest BCUT2D eigenvalue weighted by Crippen LogP contribution is 2.66. The highest BCUT2D eigenvalue weighted by molar-refractivity contribution is 6.30. The molecule has 0 radical (unpaired) electrons. The number of benzene rings is 2. The number of ether oxygens (including phenoxy) is 1. The lowest BCUT2D eigenvalue weighted by atomic mass is 9.71. The van der Waals surface area contributed by atoms with Gasteiger partial charge in [-0.3, -0.25) is 14.6 Å². The van der Waals surface area contributed by atoms with Gasteiger partial charge in [-0.15, -0.1) is 0 Å². The van der Waals surface area contributed by atoms with Crippen molar-refractivity contribution in [3.05, 3.63) is 94.3 Å². The number of aliphatic hydroxyl groups is 1. The second-order valence-corrected chi connectivity index (χ2v) is 8.42. The number of carbonyl (C=O) groups is 2. The Labute approximate surface area is 183 Å². The number of aliphatic carboxylic acids is 1. The zero-order valence-corrected chi connectivity index (χ0v) is 17.2. The van der Waals surface area contributed by atoms with E-state index in [4.69, 9.17) is 16.3 Å². The lowest BCUT2D eigenvalue weighted by Crippen LogP contribution is -2.51. The molecule has 0 amide bonds. The number of aryl methyl sites for hydroxylation is 1. The number of Topliss-reactive ketones (excluding diaryl/α,β-unsaturated/α-hetero) is 1. The minimum atomic E-state index is -2.30. The number of carboxylic acid groups (broad SMARTS) is 1. The molecule has 0 unspecified atom stereocenters. The standard InChI is InChI=1S/C24H18ClNO5/c1-13-7-9-15(10-8-13)24-19(14-5-3-2-4-6-14)18(22(28)29)21(27)23(24,30)20-17(31-24)11-16(25)12-26-20/h2-12,18-19,30H,1H3,(H,28,29)/t18-,19-,23+,24+/m1/s1. The minimum Gasteiger partial charge on any atom is -0.481 e. The second kappa shape index (κ2) is 6.64. The van der Waals surface area contributed by atoms with E-state index in [9.17, 15) is 19.8 Å². The van der Waals surface area contributed by atoms with Crippen molar-refractivity contribution in [1.29, 1.82) is 0 Å². The highest BCUT2D eigenvalue weighted by atomic mass is 35.5. The Morgan fingerprint density at radius 2 is 1.81 bits per heavy atom. The summed E-state index contributed by atoms with van der Waals surface area (Å²) in [5.41, 5.74) is -2.02. The Morgan fingerprint density at radius 3 is 2.45 bits per heavy atom. The van der Waals surface area contributed by atoms with Crippen LogP contribution in [0.3, 0.4) is 0 Å². The third-order valence-corrected chi connectivity index (χ3v) is 6.49. The number of rotatable bonds is 3. The maximum Gasteiger partial charge on any atom is 0.314 e. The van der Waals surface area contributed by atoms with Gasteiger partial charge >= 0.3 is 5.97 Å². The van der Waals surface area contributed by atoms with E-state index < -0.39 is 34.8 Å². The molecule has 6 nitrogen and oxygen atoms in total. The normalized spacial score (nSPS) is 28.7. The van der Waals surface area contributed by atoms with Gasteiger partial charge in [-0.1, -0.05) is 71.8 Å². The second-order valence-electron chi connectivity index (χ2n) is 7.98. The summed E-state index contributed by atoms with van der Waals surface area (Å²) in [7, 11) is 0. The van der Waals surface area contributed by atoms with Crippen LogP contribution in [0.5, 0.6) is 5.75 Å². The van der Waals surface area contributed by atoms with Gasteiger partial charge in [-0.25, -0.2) is 0 Å². The van der Waals surface area contributed by atoms with Crippen LogP contribution in [0, 0.1) is 12.8 Å². The molecule has 3 aromatic rings. The largest absolute Gasteiger partial charge is 0.481 e. The van der Waals surface area contributed by atoms with Crippen molar-refractivity contribution in [2.75, 3.05) is 0 Å². The highest BCUT2D eigenvalue weighted by Gasteiger charge is 2.78. The van der Waals surface area contributed by atoms with E-state index in [1.165, 1.54) is 12.3 Å². The number of carbonyl (C=O) groups excluding carboxylic acids is 1. The van der Waals surface area contributed by atoms with Crippen molar-refractivity contribution in [3.8, 4) is 5.75 Å². The molecule has 5 rings (SSSR count). The van der Waals surface area contributed by atoms with Gasteiger partial charge < -0.3 is 14.9 Å². The Morgan fingerprint density at radius 1 is 1.13 bits per heavy atom. The Kier molecular flexibility index (Phi) is 4.22. The van der Waals surface area contributed by atoms with E-state index in [0.717, 1.165) is 5.56 Å². The number of ketones is 1. The monoisotopic (exact) mass is 435 g/mol. The van der Waals surface area contributed by atoms with Crippen molar-refractivity contribution >= 4 is 23.4 Å². The van der Waals surface area contributed by atoms with Crippen molar-refractivity contribution in [1.82, 2.24) is 4.98 Å². The molecule has 156 valence electrons. The molecule has 0 spiro atoms. The first-order valence-electron chi connectivity index (χ1n) is 9.77. The van der Waals surface area contributed by atoms with Gasteiger partial charge in [0.2, 0.25) is 5.60 Å². The fourth-order valence-electron chi connectivity index (χ4n) is 4.98. The molecule has 1 saturated carbocycles. The van der Waals surface area contributed by atoms with E-state index in [1.54, 1.807) is 42.5 Å². The summed E-state index contributed by atoms with van der Waals surface area (Å²) in [5, 5.41) is 22.4. The molecule has 0 bridgehead atoms. The van der Waals surface area contributed by atoms with Gasteiger partial charge in [0.25, 0.3) is 0 Å². The van der Waals surface area contributed by atoms with Gasteiger partial charge in [0.05, 0.1) is 10.9 Å². The summed E-state index contributed by atoms with van der Waals surface area (Å²) < 4.78 is 6.37. The molecule has 2 heterocycles. The third kappa shape index (κ3) is 2.46. The Bertz CT molecular complexity index is 1210. The lowest BCUT2D eigenvalue weighted by molar-refractivity contribution is -0.154. The maximum atomic E-state index is 13.6. The zero-order valence-electron chi connectivity index (χ0n) is 16.4. The van der Waals surface area contributed by atoms with Crippen molar-refractivity contribution < 1.29 is 24.5 Å². The zero-order chi connectivity index (χ0) is 22.0. The first kappa shape index (κ1) is 19.7. The van der Waals surface area contributed by atoms with Crippen LogP contribution >= 0.6 is 11.6 Å². The smallest absolute Gasteiger partial charge is 0.314 e. The van der Waals surface area contributed by atoms with E-state index in [0.29, 0.717) is 11.1 Å². The number of nitrogens with zero attached hydrogens (tertiary/aromatic N) is 1. The molecule has 1 aromatic heterocycles. The average Bonchev–Trinajstić information content (AvgIpc) is 3.12. The van der Waals surface area contributed by atoms with Crippen LogP contribution in [-0.2, 0) is 20.8 Å². The van der Waals surface area contributed by atoms with Crippen LogP contribution in [0.25, 0.3) is 0 Å². The molecular weight excluding hydrogens is 418 g/mol. The number of hydrogen-bond donors (Lipinski definition) is 2. The number of aromatic nitrogens is 1. The topological polar surface area (TPSA) is 96.7 Å². The third-order valence-electron chi connectivity index (χ3n) is 6.29. The summed E-state index contributed by atoms with van der Waals surface area (Å²) in [5.74, 6) is -4.55. The van der Waals surface area contributed by atoms with Crippen molar-refractivity contribution in [2.45, 2.75) is 24.0 Å². The summed E-state index contributed by atoms with van der Waals surface area (Å²) in [6.45, 7) is 1.91. The molecule has 2 N–H and O–H groups in total. The molecule has 4 atom stereocenters. The number of carboxylic acids is 1. The SMILES string of the molecule is Cc1ccc([C@@]23Oc4cc(Cl)cnc4[C@]2(O)C(=O)[C@H](C(=O)O)[C@H]3c2ccccc2)cc1. The van der Waals surface area contributed by atoms with Crippen molar-refractivity contribution in [2.24, 2.45) is 5.92 Å². The van der Waals surface area contributed by atoms with E-state index in [2.05, 4.69) is 4.98 Å². The molecule has 2 aromatic carbocycles. The first-order chi connectivity index (χ1) is 14.8. The number of pyridine rings is 1.